The van der Waals surface area contributed by atoms with Crippen LogP contribution in [0.25, 0.3) is 10.8 Å². The van der Waals surface area contributed by atoms with E-state index in [0.717, 1.165) is 11.4 Å². The van der Waals surface area contributed by atoms with E-state index >= 15 is 0 Å². The van der Waals surface area contributed by atoms with Crippen molar-refractivity contribution in [2.24, 2.45) is 0 Å². The quantitative estimate of drug-likeness (QED) is 0.231. The van der Waals surface area contributed by atoms with Gasteiger partial charge in [-0.15, -0.1) is 0 Å². The van der Waals surface area contributed by atoms with Crippen LogP contribution in [0.3, 0.4) is 0 Å². The Morgan fingerprint density at radius 1 is 0.333 bits per heavy atom. The number of anilines is 2. The summed E-state index contributed by atoms with van der Waals surface area (Å²) >= 11 is 0. The predicted molar refractivity (Wildman–Crippen MR) is 157 cm³/mol. The largest absolute Gasteiger partial charge is 0.356 e. The van der Waals surface area contributed by atoms with E-state index < -0.39 is 8.07 Å². The second kappa shape index (κ2) is 9.69. The van der Waals surface area contributed by atoms with Crippen LogP contribution in [0.4, 0.5) is 11.4 Å². The summed E-state index contributed by atoms with van der Waals surface area (Å²) in [7, 11) is -2.48. The highest BCUT2D eigenvalue weighted by Gasteiger charge is 2.41. The van der Waals surface area contributed by atoms with E-state index in [1.807, 2.05) is 0 Å². The Labute approximate surface area is 213 Å². The fourth-order valence-electron chi connectivity index (χ4n) is 5.30. The minimum Gasteiger partial charge on any atom is -0.356 e. The van der Waals surface area contributed by atoms with Crippen LogP contribution in [-0.2, 0) is 0 Å². The second-order valence-corrected chi connectivity index (χ2v) is 12.9. The van der Waals surface area contributed by atoms with Crippen molar-refractivity contribution in [1.82, 2.24) is 0 Å². The molecule has 0 atom stereocenters. The molecule has 0 bridgehead atoms. The number of benzene rings is 6. The van der Waals surface area contributed by atoms with E-state index in [9.17, 15) is 0 Å². The highest BCUT2D eigenvalue weighted by atomic mass is 28.3. The molecule has 0 heterocycles. The lowest BCUT2D eigenvalue weighted by atomic mass is 10.1. The van der Waals surface area contributed by atoms with Gasteiger partial charge >= 0.3 is 0 Å². The number of rotatable bonds is 6. The van der Waals surface area contributed by atoms with Gasteiger partial charge in [0.15, 0.2) is 8.07 Å². The highest BCUT2D eigenvalue weighted by Crippen LogP contribution is 2.22. The van der Waals surface area contributed by atoms with E-state index in [0.29, 0.717) is 0 Å². The molecular formula is C34H27NSi. The van der Waals surface area contributed by atoms with Crippen LogP contribution in [0.15, 0.2) is 158 Å². The molecule has 6 aromatic rings. The zero-order valence-electron chi connectivity index (χ0n) is 20.0. The minimum atomic E-state index is -2.48. The smallest absolute Gasteiger partial charge is 0.179 e. The van der Waals surface area contributed by atoms with Gasteiger partial charge in [-0.1, -0.05) is 133 Å². The molecule has 6 rings (SSSR count). The van der Waals surface area contributed by atoms with E-state index in [4.69, 9.17) is 0 Å². The molecule has 0 amide bonds. The van der Waals surface area contributed by atoms with Crippen LogP contribution in [0.5, 0.6) is 0 Å². The zero-order chi connectivity index (χ0) is 24.2. The monoisotopic (exact) mass is 477 g/mol. The lowest BCUT2D eigenvalue weighted by Gasteiger charge is -2.34. The fraction of sp³-hybridized carbons (Fsp3) is 0. The van der Waals surface area contributed by atoms with Crippen molar-refractivity contribution in [1.29, 1.82) is 0 Å². The summed E-state index contributed by atoms with van der Waals surface area (Å²) in [5, 5.41) is 11.6. The van der Waals surface area contributed by atoms with Gasteiger partial charge in [0.2, 0.25) is 0 Å². The van der Waals surface area contributed by atoms with Crippen molar-refractivity contribution < 1.29 is 0 Å². The SMILES string of the molecule is c1ccc([Si](c2ccccc2)(c2ccccc2)c2ccc(Nc3ccc4ccccc4c3)cc2)cc1. The van der Waals surface area contributed by atoms with Gasteiger partial charge in [0.05, 0.1) is 0 Å². The Balaban J connectivity index is 1.47. The van der Waals surface area contributed by atoms with Gasteiger partial charge in [0.25, 0.3) is 0 Å². The lowest BCUT2D eigenvalue weighted by Crippen LogP contribution is -2.74. The maximum atomic E-state index is 3.61. The normalized spacial score (nSPS) is 11.3. The van der Waals surface area contributed by atoms with Gasteiger partial charge in [0.1, 0.15) is 0 Å². The molecule has 0 aliphatic rings. The van der Waals surface area contributed by atoms with Crippen LogP contribution in [-0.4, -0.2) is 8.07 Å². The molecule has 0 radical (unpaired) electrons. The number of fused-ring (bicyclic) bond motifs is 1. The van der Waals surface area contributed by atoms with Crippen molar-refractivity contribution >= 4 is 51.0 Å². The maximum absolute atomic E-state index is 3.61. The first kappa shape index (κ1) is 22.1. The molecule has 1 N–H and O–H groups in total. The summed E-state index contributed by atoms with van der Waals surface area (Å²) in [5.41, 5.74) is 2.19. The number of hydrogen-bond donors (Lipinski definition) is 1. The van der Waals surface area contributed by atoms with Gasteiger partial charge < -0.3 is 5.32 Å². The molecular weight excluding hydrogens is 450 g/mol. The van der Waals surface area contributed by atoms with Crippen molar-refractivity contribution in [3.8, 4) is 0 Å². The van der Waals surface area contributed by atoms with Crippen molar-refractivity contribution in [2.75, 3.05) is 5.32 Å². The zero-order valence-corrected chi connectivity index (χ0v) is 21.0. The van der Waals surface area contributed by atoms with Gasteiger partial charge in [-0.05, 0) is 55.8 Å². The first-order valence-corrected chi connectivity index (χ1v) is 14.4. The van der Waals surface area contributed by atoms with Gasteiger partial charge in [-0.25, -0.2) is 0 Å². The van der Waals surface area contributed by atoms with Gasteiger partial charge in [-0.3, -0.25) is 0 Å². The molecule has 0 spiro atoms. The van der Waals surface area contributed by atoms with Crippen molar-refractivity contribution in [3.63, 3.8) is 0 Å². The first-order chi connectivity index (χ1) is 17.8. The molecule has 0 fully saturated rings. The summed E-state index contributed by atoms with van der Waals surface area (Å²) in [5.74, 6) is 0. The number of nitrogens with one attached hydrogen (secondary N) is 1. The maximum Gasteiger partial charge on any atom is 0.179 e. The highest BCUT2D eigenvalue weighted by molar-refractivity contribution is 7.19. The predicted octanol–water partition coefficient (Wildman–Crippen LogP) is 5.96. The fourth-order valence-corrected chi connectivity index (χ4v) is 10.0. The van der Waals surface area contributed by atoms with E-state index in [2.05, 4.69) is 163 Å². The average molecular weight is 478 g/mol. The summed E-state index contributed by atoms with van der Waals surface area (Å²) in [6, 6.07) is 57.2. The lowest BCUT2D eigenvalue weighted by molar-refractivity contribution is 1.57. The van der Waals surface area contributed by atoms with Crippen LogP contribution in [0.2, 0.25) is 0 Å². The van der Waals surface area contributed by atoms with E-state index in [-0.39, 0.29) is 0 Å². The third-order valence-corrected chi connectivity index (χ3v) is 11.8. The molecule has 0 unspecified atom stereocenters. The average Bonchev–Trinajstić information content (AvgIpc) is 2.96. The third kappa shape index (κ3) is 4.02. The van der Waals surface area contributed by atoms with Crippen LogP contribution >= 0.6 is 0 Å². The summed E-state index contributed by atoms with van der Waals surface area (Å²) in [6.45, 7) is 0. The Morgan fingerprint density at radius 2 is 0.750 bits per heavy atom. The minimum absolute atomic E-state index is 1.09. The first-order valence-electron chi connectivity index (χ1n) is 12.4. The molecule has 0 aliphatic heterocycles. The van der Waals surface area contributed by atoms with E-state index in [1.54, 1.807) is 0 Å². The molecule has 0 aromatic heterocycles. The van der Waals surface area contributed by atoms with Crippen molar-refractivity contribution in [2.45, 2.75) is 0 Å². The Bertz CT molecular complexity index is 1480. The molecule has 0 aliphatic carbocycles. The molecule has 6 aromatic carbocycles. The van der Waals surface area contributed by atoms with Crippen molar-refractivity contribution in [3.05, 3.63) is 158 Å². The molecule has 1 nitrogen and oxygen atoms in total. The second-order valence-electron chi connectivity index (χ2n) is 9.11. The Kier molecular flexibility index (Phi) is 5.94. The van der Waals surface area contributed by atoms with Gasteiger partial charge in [-0.2, -0.15) is 0 Å². The summed E-state index contributed by atoms with van der Waals surface area (Å²) < 4.78 is 0. The van der Waals surface area contributed by atoms with Gasteiger partial charge in [0, 0.05) is 11.4 Å². The van der Waals surface area contributed by atoms with Crippen LogP contribution < -0.4 is 26.1 Å². The Morgan fingerprint density at radius 3 is 1.28 bits per heavy atom. The van der Waals surface area contributed by atoms with Crippen LogP contribution in [0.1, 0.15) is 0 Å². The molecule has 2 heteroatoms. The van der Waals surface area contributed by atoms with E-state index in [1.165, 1.54) is 31.5 Å². The molecule has 0 saturated heterocycles. The summed E-state index contributed by atoms with van der Waals surface area (Å²) in [6.07, 6.45) is 0. The standard InChI is InChI=1S/C34H27NSi/c1-4-14-31(15-5-1)36(32-16-6-2-7-17-32,33-18-8-3-9-19-33)34-24-22-29(23-25-34)35-30-21-20-27-12-10-11-13-28(27)26-30/h1-26,35H. The van der Waals surface area contributed by atoms with Crippen LogP contribution in [0, 0.1) is 0 Å². The molecule has 36 heavy (non-hydrogen) atoms. The molecule has 172 valence electrons. The molecule has 0 saturated carbocycles. The Hall–Kier alpha value is -4.40. The topological polar surface area (TPSA) is 12.0 Å². The third-order valence-electron chi connectivity index (χ3n) is 6.98. The number of hydrogen-bond acceptors (Lipinski definition) is 1. The summed E-state index contributed by atoms with van der Waals surface area (Å²) in [4.78, 5) is 0.